The van der Waals surface area contributed by atoms with Gasteiger partial charge in [0.2, 0.25) is 0 Å². The second-order valence-electron chi connectivity index (χ2n) is 6.53. The number of nitrogens with zero attached hydrogens (tertiary/aromatic N) is 4. The van der Waals surface area contributed by atoms with Crippen LogP contribution in [-0.2, 0) is 19.4 Å². The van der Waals surface area contributed by atoms with Gasteiger partial charge < -0.3 is 10.1 Å². The van der Waals surface area contributed by atoms with Crippen LogP contribution < -0.4 is 10.1 Å². The number of rotatable bonds is 4. The number of anilines is 1. The van der Waals surface area contributed by atoms with Gasteiger partial charge in [0.1, 0.15) is 17.1 Å². The fourth-order valence-corrected chi connectivity index (χ4v) is 3.48. The summed E-state index contributed by atoms with van der Waals surface area (Å²) < 4.78 is 7.52. The number of hydrogen-bond donors (Lipinski definition) is 1. The van der Waals surface area contributed by atoms with E-state index in [9.17, 15) is 0 Å². The molecule has 4 rings (SSSR count). The molecule has 1 aliphatic heterocycles. The summed E-state index contributed by atoms with van der Waals surface area (Å²) in [7, 11) is 1.68. The Morgan fingerprint density at radius 3 is 3.04 bits per heavy atom. The lowest BCUT2D eigenvalue weighted by atomic mass is 10.0. The van der Waals surface area contributed by atoms with Crippen molar-refractivity contribution < 1.29 is 4.74 Å². The molecule has 2 aromatic heterocycles. The van der Waals surface area contributed by atoms with Gasteiger partial charge in [0.05, 0.1) is 13.7 Å². The average Bonchev–Trinajstić information content (AvgIpc) is 3.06. The molecule has 0 saturated heterocycles. The zero-order chi connectivity index (χ0) is 17.4. The second-order valence-corrected chi connectivity index (χ2v) is 6.53. The summed E-state index contributed by atoms with van der Waals surface area (Å²) in [5, 5.41) is 9.43. The topological polar surface area (TPSA) is 64.9 Å². The SMILES string of the molecule is CCc1nc2n(n1)CC(Nc1c(C)cnc3c(OC)cccc13)CC2. The molecule has 1 aromatic carbocycles. The van der Waals surface area contributed by atoms with Gasteiger partial charge in [-0.2, -0.15) is 5.10 Å². The number of para-hydroxylation sites is 1. The lowest BCUT2D eigenvalue weighted by Crippen LogP contribution is -2.32. The molecule has 0 fully saturated rings. The molecule has 25 heavy (non-hydrogen) atoms. The first-order valence-electron chi connectivity index (χ1n) is 8.81. The van der Waals surface area contributed by atoms with Crippen LogP contribution in [0.1, 0.15) is 30.6 Å². The number of pyridine rings is 1. The van der Waals surface area contributed by atoms with Crippen molar-refractivity contribution in [1.29, 1.82) is 0 Å². The summed E-state index contributed by atoms with van der Waals surface area (Å²) in [5.74, 6) is 2.84. The highest BCUT2D eigenvalue weighted by molar-refractivity contribution is 5.96. The molecular formula is C19H23N5O. The zero-order valence-corrected chi connectivity index (χ0v) is 14.9. The van der Waals surface area contributed by atoms with E-state index in [2.05, 4.69) is 45.0 Å². The van der Waals surface area contributed by atoms with Crippen LogP contribution in [0.3, 0.4) is 0 Å². The van der Waals surface area contributed by atoms with E-state index >= 15 is 0 Å². The molecule has 1 aliphatic rings. The Morgan fingerprint density at radius 2 is 2.24 bits per heavy atom. The van der Waals surface area contributed by atoms with E-state index in [1.54, 1.807) is 7.11 Å². The van der Waals surface area contributed by atoms with E-state index in [4.69, 9.17) is 4.74 Å². The maximum atomic E-state index is 5.46. The third kappa shape index (κ3) is 2.81. The molecule has 0 amide bonds. The number of fused-ring (bicyclic) bond motifs is 2. The van der Waals surface area contributed by atoms with Crippen molar-refractivity contribution in [2.75, 3.05) is 12.4 Å². The molecule has 0 spiro atoms. The van der Waals surface area contributed by atoms with Crippen molar-refractivity contribution in [3.05, 3.63) is 41.6 Å². The molecule has 1 N–H and O–H groups in total. The summed E-state index contributed by atoms with van der Waals surface area (Å²) in [4.78, 5) is 9.16. The Kier molecular flexibility index (Phi) is 4.03. The maximum absolute atomic E-state index is 5.46. The number of nitrogens with one attached hydrogen (secondary N) is 1. The highest BCUT2D eigenvalue weighted by Gasteiger charge is 2.22. The van der Waals surface area contributed by atoms with Crippen molar-refractivity contribution in [2.45, 2.75) is 45.7 Å². The minimum atomic E-state index is 0.328. The van der Waals surface area contributed by atoms with Gasteiger partial charge in [0.25, 0.3) is 0 Å². The van der Waals surface area contributed by atoms with Gasteiger partial charge >= 0.3 is 0 Å². The molecule has 130 valence electrons. The Labute approximate surface area is 147 Å². The standard InChI is InChI=1S/C19H23N5O/c1-4-16-22-17-9-8-13(11-24(17)23-16)21-18-12(2)10-20-19-14(18)6-5-7-15(19)25-3/h5-7,10,13H,4,8-9,11H2,1-3H3,(H,20,21). The summed E-state index contributed by atoms with van der Waals surface area (Å²) in [6.07, 6.45) is 4.79. The van der Waals surface area contributed by atoms with Gasteiger partial charge in [-0.15, -0.1) is 0 Å². The van der Waals surface area contributed by atoms with Crippen molar-refractivity contribution in [2.24, 2.45) is 0 Å². The number of ether oxygens (including phenoxy) is 1. The summed E-state index contributed by atoms with van der Waals surface area (Å²) in [6, 6.07) is 6.38. The Bertz CT molecular complexity index is 918. The Hall–Kier alpha value is -2.63. The normalized spacial score (nSPS) is 16.7. The number of aromatic nitrogens is 4. The van der Waals surface area contributed by atoms with Crippen LogP contribution in [0, 0.1) is 6.92 Å². The third-order valence-electron chi connectivity index (χ3n) is 4.84. The van der Waals surface area contributed by atoms with Crippen LogP contribution >= 0.6 is 0 Å². The molecule has 6 heteroatoms. The molecule has 0 radical (unpaired) electrons. The van der Waals surface area contributed by atoms with Crippen LogP contribution in [0.25, 0.3) is 10.9 Å². The van der Waals surface area contributed by atoms with Gasteiger partial charge in [0, 0.05) is 36.2 Å². The van der Waals surface area contributed by atoms with Crippen LogP contribution in [0.2, 0.25) is 0 Å². The van der Waals surface area contributed by atoms with Crippen molar-refractivity contribution in [3.63, 3.8) is 0 Å². The number of methoxy groups -OCH3 is 1. The van der Waals surface area contributed by atoms with Crippen LogP contribution in [-0.4, -0.2) is 32.9 Å². The van der Waals surface area contributed by atoms with E-state index in [0.717, 1.165) is 65.4 Å². The van der Waals surface area contributed by atoms with Crippen LogP contribution in [0.5, 0.6) is 5.75 Å². The third-order valence-corrected chi connectivity index (χ3v) is 4.84. The lowest BCUT2D eigenvalue weighted by Gasteiger charge is -2.26. The first kappa shape index (κ1) is 15.9. The van der Waals surface area contributed by atoms with E-state index in [1.165, 1.54) is 0 Å². The highest BCUT2D eigenvalue weighted by atomic mass is 16.5. The summed E-state index contributed by atoms with van der Waals surface area (Å²) in [6.45, 7) is 5.03. The Balaban J connectivity index is 1.66. The van der Waals surface area contributed by atoms with Gasteiger partial charge in [-0.3, -0.25) is 4.98 Å². The fourth-order valence-electron chi connectivity index (χ4n) is 3.48. The van der Waals surface area contributed by atoms with E-state index < -0.39 is 0 Å². The lowest BCUT2D eigenvalue weighted by molar-refractivity contribution is 0.419. The zero-order valence-electron chi connectivity index (χ0n) is 14.9. The van der Waals surface area contributed by atoms with Crippen LogP contribution in [0.15, 0.2) is 24.4 Å². The van der Waals surface area contributed by atoms with Gasteiger partial charge in [0.15, 0.2) is 5.82 Å². The van der Waals surface area contributed by atoms with Gasteiger partial charge in [-0.1, -0.05) is 19.1 Å². The first-order valence-corrected chi connectivity index (χ1v) is 8.81. The van der Waals surface area contributed by atoms with E-state index in [1.807, 2.05) is 18.3 Å². The molecule has 6 nitrogen and oxygen atoms in total. The van der Waals surface area contributed by atoms with Crippen molar-refractivity contribution >= 4 is 16.6 Å². The molecule has 0 bridgehead atoms. The van der Waals surface area contributed by atoms with Gasteiger partial charge in [-0.05, 0) is 25.0 Å². The predicted octanol–water partition coefficient (Wildman–Crippen LogP) is 3.13. The smallest absolute Gasteiger partial charge is 0.150 e. The van der Waals surface area contributed by atoms with Crippen LogP contribution in [0.4, 0.5) is 5.69 Å². The molecule has 1 atom stereocenters. The summed E-state index contributed by atoms with van der Waals surface area (Å²) >= 11 is 0. The monoisotopic (exact) mass is 337 g/mol. The molecule has 0 saturated carbocycles. The number of aryl methyl sites for hydroxylation is 3. The Morgan fingerprint density at radius 1 is 1.36 bits per heavy atom. The van der Waals surface area contributed by atoms with Gasteiger partial charge in [-0.25, -0.2) is 9.67 Å². The first-order chi connectivity index (χ1) is 12.2. The molecule has 3 aromatic rings. The largest absolute Gasteiger partial charge is 0.494 e. The number of benzene rings is 1. The second kappa shape index (κ2) is 6.35. The molecule has 3 heterocycles. The predicted molar refractivity (Wildman–Crippen MR) is 98.2 cm³/mol. The van der Waals surface area contributed by atoms with Crippen molar-refractivity contribution in [1.82, 2.24) is 19.7 Å². The van der Waals surface area contributed by atoms with Crippen molar-refractivity contribution in [3.8, 4) is 5.75 Å². The molecule has 0 aliphatic carbocycles. The molecule has 1 unspecified atom stereocenters. The maximum Gasteiger partial charge on any atom is 0.150 e. The van der Waals surface area contributed by atoms with E-state index in [0.29, 0.717) is 6.04 Å². The quantitative estimate of drug-likeness (QED) is 0.792. The summed E-state index contributed by atoms with van der Waals surface area (Å²) in [5.41, 5.74) is 3.16. The fraction of sp³-hybridized carbons (Fsp3) is 0.421. The minimum absolute atomic E-state index is 0.328. The molecular weight excluding hydrogens is 314 g/mol. The highest BCUT2D eigenvalue weighted by Crippen LogP contribution is 2.32. The average molecular weight is 337 g/mol. The minimum Gasteiger partial charge on any atom is -0.494 e. The number of hydrogen-bond acceptors (Lipinski definition) is 5. The van der Waals surface area contributed by atoms with E-state index in [-0.39, 0.29) is 0 Å².